The smallest absolute Gasteiger partial charge is 0.307 e. The number of hydrogen-bond acceptors (Lipinski definition) is 5. The van der Waals surface area contributed by atoms with E-state index < -0.39 is 5.91 Å². The molecule has 0 aliphatic carbocycles. The van der Waals surface area contributed by atoms with E-state index in [0.29, 0.717) is 13.2 Å². The second kappa shape index (κ2) is 9.59. The van der Waals surface area contributed by atoms with Gasteiger partial charge >= 0.3 is 5.97 Å². The van der Waals surface area contributed by atoms with E-state index in [4.69, 9.17) is 9.47 Å². The molecule has 22 heavy (non-hydrogen) atoms. The van der Waals surface area contributed by atoms with Crippen LogP contribution < -0.4 is 15.5 Å². The van der Waals surface area contributed by atoms with Crippen LogP contribution in [0.3, 0.4) is 0 Å². The first-order valence-corrected chi connectivity index (χ1v) is 7.38. The number of esters is 1. The van der Waals surface area contributed by atoms with Gasteiger partial charge in [-0.25, -0.2) is 0 Å². The van der Waals surface area contributed by atoms with Crippen molar-refractivity contribution < 1.29 is 19.1 Å². The van der Waals surface area contributed by atoms with Gasteiger partial charge in [0.2, 0.25) is 5.43 Å². The summed E-state index contributed by atoms with van der Waals surface area (Å²) in [5.41, 5.74) is -0.294. The fourth-order valence-corrected chi connectivity index (χ4v) is 1.70. The molecule has 0 bridgehead atoms. The number of rotatable bonds is 9. The first-order chi connectivity index (χ1) is 10.6. The van der Waals surface area contributed by atoms with Crippen molar-refractivity contribution in [3.05, 3.63) is 28.2 Å². The van der Waals surface area contributed by atoms with Crippen molar-refractivity contribution in [1.82, 2.24) is 10.3 Å². The molecule has 0 aliphatic rings. The van der Waals surface area contributed by atoms with Crippen molar-refractivity contribution in [3.8, 4) is 5.75 Å². The maximum Gasteiger partial charge on any atom is 0.307 e. The number of pyridine rings is 1. The Morgan fingerprint density at radius 3 is 2.77 bits per heavy atom. The number of H-pyrrole nitrogens is 1. The third-order valence-electron chi connectivity index (χ3n) is 2.80. The quantitative estimate of drug-likeness (QED) is 0.528. The molecule has 7 nitrogen and oxygen atoms in total. The predicted molar refractivity (Wildman–Crippen MR) is 81.0 cm³/mol. The van der Waals surface area contributed by atoms with Crippen LogP contribution >= 0.6 is 0 Å². The van der Waals surface area contributed by atoms with Gasteiger partial charge in [0.25, 0.3) is 5.91 Å². The first kappa shape index (κ1) is 17.7. The summed E-state index contributed by atoms with van der Waals surface area (Å²) in [7, 11) is 0. The van der Waals surface area contributed by atoms with Crippen LogP contribution in [0.5, 0.6) is 5.75 Å². The molecule has 0 saturated carbocycles. The van der Waals surface area contributed by atoms with Gasteiger partial charge in [-0.2, -0.15) is 0 Å². The lowest BCUT2D eigenvalue weighted by Crippen LogP contribution is -2.29. The van der Waals surface area contributed by atoms with Crippen molar-refractivity contribution in [3.63, 3.8) is 0 Å². The Balaban J connectivity index is 2.66. The highest BCUT2D eigenvalue weighted by Crippen LogP contribution is 2.10. The van der Waals surface area contributed by atoms with Crippen LogP contribution in [-0.2, 0) is 9.53 Å². The number of hydrogen-bond donors (Lipinski definition) is 2. The standard InChI is InChI=1S/C15H22N2O5/c1-3-5-10-22-14-11(18)6-8-16-13(14)15(20)17-9-7-12(19)21-4-2/h6,8H,3-5,7,9-10H2,1-2H3,(H,16,18)(H,17,20). The molecule has 0 aliphatic heterocycles. The van der Waals surface area contributed by atoms with Gasteiger partial charge in [0, 0.05) is 18.8 Å². The van der Waals surface area contributed by atoms with Crippen LogP contribution in [0.1, 0.15) is 43.6 Å². The number of carbonyl (C=O) groups is 2. The molecule has 1 aromatic rings. The number of ether oxygens (including phenoxy) is 2. The van der Waals surface area contributed by atoms with Gasteiger partial charge in [0.05, 0.1) is 19.6 Å². The zero-order valence-corrected chi connectivity index (χ0v) is 12.9. The average molecular weight is 310 g/mol. The summed E-state index contributed by atoms with van der Waals surface area (Å²) in [5.74, 6) is -0.873. The van der Waals surface area contributed by atoms with Gasteiger partial charge in [0.15, 0.2) is 11.4 Å². The van der Waals surface area contributed by atoms with Crippen molar-refractivity contribution >= 4 is 11.9 Å². The number of unbranched alkanes of at least 4 members (excludes halogenated alkanes) is 1. The van der Waals surface area contributed by atoms with E-state index in [9.17, 15) is 14.4 Å². The molecule has 0 saturated heterocycles. The van der Waals surface area contributed by atoms with Crippen molar-refractivity contribution in [2.75, 3.05) is 19.8 Å². The van der Waals surface area contributed by atoms with Crippen LogP contribution in [0.2, 0.25) is 0 Å². The van der Waals surface area contributed by atoms with E-state index in [1.807, 2.05) is 6.92 Å². The molecule has 2 N–H and O–H groups in total. The molecule has 1 rings (SSSR count). The Morgan fingerprint density at radius 1 is 1.32 bits per heavy atom. The first-order valence-electron chi connectivity index (χ1n) is 7.38. The monoisotopic (exact) mass is 310 g/mol. The van der Waals surface area contributed by atoms with Crippen LogP contribution in [0.15, 0.2) is 17.1 Å². The van der Waals surface area contributed by atoms with E-state index in [0.717, 1.165) is 12.8 Å². The molecule has 0 atom stereocenters. The third-order valence-corrected chi connectivity index (χ3v) is 2.80. The maximum atomic E-state index is 12.1. The lowest BCUT2D eigenvalue weighted by atomic mass is 10.3. The van der Waals surface area contributed by atoms with Gasteiger partial charge in [-0.3, -0.25) is 14.4 Å². The third kappa shape index (κ3) is 5.59. The molecule has 7 heteroatoms. The number of carbonyl (C=O) groups excluding carboxylic acids is 2. The lowest BCUT2D eigenvalue weighted by Gasteiger charge is -2.10. The van der Waals surface area contributed by atoms with Gasteiger partial charge in [0.1, 0.15) is 0 Å². The molecule has 1 heterocycles. The summed E-state index contributed by atoms with van der Waals surface area (Å²) in [4.78, 5) is 37.8. The molecule has 0 aromatic carbocycles. The van der Waals surface area contributed by atoms with Crippen molar-refractivity contribution in [1.29, 1.82) is 0 Å². The molecular weight excluding hydrogens is 288 g/mol. The normalized spacial score (nSPS) is 10.1. The predicted octanol–water partition coefficient (Wildman–Crippen LogP) is 1.24. The van der Waals surface area contributed by atoms with Gasteiger partial charge in [-0.05, 0) is 13.3 Å². The fourth-order valence-electron chi connectivity index (χ4n) is 1.70. The molecule has 1 aromatic heterocycles. The van der Waals surface area contributed by atoms with E-state index >= 15 is 0 Å². The summed E-state index contributed by atoms with van der Waals surface area (Å²) in [6.07, 6.45) is 3.17. The highest BCUT2D eigenvalue weighted by atomic mass is 16.5. The van der Waals surface area contributed by atoms with Crippen LogP contribution in [-0.4, -0.2) is 36.6 Å². The summed E-state index contributed by atoms with van der Waals surface area (Å²) >= 11 is 0. The Bertz CT molecular complexity index is 553. The largest absolute Gasteiger partial charge is 0.487 e. The fraction of sp³-hybridized carbons (Fsp3) is 0.533. The summed E-state index contributed by atoms with van der Waals surface area (Å²) < 4.78 is 10.2. The molecule has 0 unspecified atom stereocenters. The number of aromatic amines is 1. The van der Waals surface area contributed by atoms with E-state index in [-0.39, 0.29) is 35.8 Å². The molecule has 0 spiro atoms. The van der Waals surface area contributed by atoms with Gasteiger partial charge in [-0.1, -0.05) is 13.3 Å². The number of nitrogens with one attached hydrogen (secondary N) is 2. The summed E-state index contributed by atoms with van der Waals surface area (Å²) in [6, 6.07) is 1.30. The SMILES string of the molecule is CCCCOc1c(C(=O)NCCC(=O)OCC)[nH]ccc1=O. The number of aromatic nitrogens is 1. The average Bonchev–Trinajstić information content (AvgIpc) is 2.49. The minimum absolute atomic E-state index is 0.00425. The Kier molecular flexibility index (Phi) is 7.74. The van der Waals surface area contributed by atoms with Crippen LogP contribution in [0.4, 0.5) is 0 Å². The van der Waals surface area contributed by atoms with Crippen LogP contribution in [0.25, 0.3) is 0 Å². The molecule has 0 fully saturated rings. The minimum Gasteiger partial charge on any atom is -0.487 e. The lowest BCUT2D eigenvalue weighted by molar-refractivity contribution is -0.142. The van der Waals surface area contributed by atoms with E-state index in [2.05, 4.69) is 10.3 Å². The molecule has 0 radical (unpaired) electrons. The molecular formula is C15H22N2O5. The van der Waals surface area contributed by atoms with Gasteiger partial charge in [-0.15, -0.1) is 0 Å². The second-order valence-electron chi connectivity index (χ2n) is 4.56. The number of amides is 1. The summed E-state index contributed by atoms with van der Waals surface area (Å²) in [5, 5.41) is 2.56. The molecule has 1 amide bonds. The Hall–Kier alpha value is -2.31. The topological polar surface area (TPSA) is 97.5 Å². The van der Waals surface area contributed by atoms with Gasteiger partial charge < -0.3 is 19.8 Å². The Labute approximate surface area is 129 Å². The Morgan fingerprint density at radius 2 is 2.09 bits per heavy atom. The van der Waals surface area contributed by atoms with E-state index in [1.54, 1.807) is 6.92 Å². The minimum atomic E-state index is -0.492. The molecule has 122 valence electrons. The second-order valence-corrected chi connectivity index (χ2v) is 4.56. The van der Waals surface area contributed by atoms with Crippen molar-refractivity contribution in [2.24, 2.45) is 0 Å². The highest BCUT2D eigenvalue weighted by molar-refractivity contribution is 5.95. The van der Waals surface area contributed by atoms with Crippen molar-refractivity contribution in [2.45, 2.75) is 33.1 Å². The maximum absolute atomic E-state index is 12.1. The summed E-state index contributed by atoms with van der Waals surface area (Å²) in [6.45, 7) is 4.51. The highest BCUT2D eigenvalue weighted by Gasteiger charge is 2.16. The van der Waals surface area contributed by atoms with Crippen LogP contribution in [0, 0.1) is 0 Å². The zero-order valence-electron chi connectivity index (χ0n) is 12.9. The zero-order chi connectivity index (χ0) is 16.4. The van der Waals surface area contributed by atoms with E-state index in [1.165, 1.54) is 12.3 Å².